The predicted octanol–water partition coefficient (Wildman–Crippen LogP) is 0.351. The van der Waals surface area contributed by atoms with E-state index in [4.69, 9.17) is 4.52 Å². The maximum Gasteiger partial charge on any atom is 0.276 e. The highest BCUT2D eigenvalue weighted by atomic mass is 32.2. The van der Waals surface area contributed by atoms with Crippen molar-refractivity contribution in [3.8, 4) is 0 Å². The molecule has 0 N–H and O–H groups in total. The van der Waals surface area contributed by atoms with E-state index in [1.165, 1.54) is 0 Å². The maximum absolute atomic E-state index is 12.7. The second-order valence-electron chi connectivity index (χ2n) is 6.46. The van der Waals surface area contributed by atoms with Crippen molar-refractivity contribution in [1.82, 2.24) is 15.0 Å². The van der Waals surface area contributed by atoms with Crippen molar-refractivity contribution in [3.05, 3.63) is 17.5 Å². The Morgan fingerprint density at radius 2 is 2.00 bits per heavy atom. The zero-order chi connectivity index (χ0) is 16.1. The van der Waals surface area contributed by atoms with Crippen molar-refractivity contribution < 1.29 is 17.7 Å². The highest BCUT2D eigenvalue weighted by molar-refractivity contribution is 7.91. The summed E-state index contributed by atoms with van der Waals surface area (Å²) in [7, 11) is -1.19. The van der Waals surface area contributed by atoms with Gasteiger partial charge in [0.2, 0.25) is 0 Å². The fraction of sp³-hybridized carbons (Fsp3) is 0.714. The Labute approximate surface area is 130 Å². The zero-order valence-electron chi connectivity index (χ0n) is 13.0. The third kappa shape index (κ3) is 2.65. The van der Waals surface area contributed by atoms with Gasteiger partial charge in [0, 0.05) is 31.1 Å². The molecule has 0 aliphatic carbocycles. The lowest BCUT2D eigenvalue weighted by Crippen LogP contribution is -2.59. The van der Waals surface area contributed by atoms with Crippen LogP contribution >= 0.6 is 0 Å². The molecular formula is C14H21N3O4S. The number of carbonyl (C=O) groups is 1. The van der Waals surface area contributed by atoms with Crippen molar-refractivity contribution in [3.63, 3.8) is 0 Å². The molecular weight excluding hydrogens is 306 g/mol. The Balaban J connectivity index is 1.85. The van der Waals surface area contributed by atoms with E-state index in [1.807, 2.05) is 25.8 Å². The first-order valence-electron chi connectivity index (χ1n) is 7.47. The monoisotopic (exact) mass is 327 g/mol. The Kier molecular flexibility index (Phi) is 3.76. The van der Waals surface area contributed by atoms with Crippen LogP contribution in [0.4, 0.5) is 0 Å². The van der Waals surface area contributed by atoms with Crippen LogP contribution in [0.1, 0.15) is 36.0 Å². The standard InChI is InChI=1S/C14H21N3O4S/c1-9(2)13-6-10(15-21-13)14(18)17-5-4-16(3)11-7-22(19,20)8-12(11)17/h6,9,11-12H,4-5,7-8H2,1-3H3/t11-,12+/m1/s1. The minimum absolute atomic E-state index is 0.0304. The summed E-state index contributed by atoms with van der Waals surface area (Å²) in [5.41, 5.74) is 0.260. The van der Waals surface area contributed by atoms with Gasteiger partial charge < -0.3 is 9.42 Å². The van der Waals surface area contributed by atoms with Crippen molar-refractivity contribution in [2.45, 2.75) is 31.8 Å². The summed E-state index contributed by atoms with van der Waals surface area (Å²) in [6.45, 7) is 5.10. The van der Waals surface area contributed by atoms with Gasteiger partial charge in [-0.3, -0.25) is 9.69 Å². The van der Waals surface area contributed by atoms with E-state index in [2.05, 4.69) is 5.16 Å². The van der Waals surface area contributed by atoms with E-state index in [1.54, 1.807) is 11.0 Å². The first-order valence-corrected chi connectivity index (χ1v) is 9.29. The van der Waals surface area contributed by atoms with Crippen LogP contribution < -0.4 is 0 Å². The molecule has 0 bridgehead atoms. The zero-order valence-corrected chi connectivity index (χ0v) is 13.8. The third-order valence-corrected chi connectivity index (χ3v) is 6.23. The fourth-order valence-electron chi connectivity index (χ4n) is 3.19. The molecule has 2 atom stereocenters. The largest absolute Gasteiger partial charge is 0.360 e. The summed E-state index contributed by atoms with van der Waals surface area (Å²) in [5.74, 6) is 0.724. The summed E-state index contributed by atoms with van der Waals surface area (Å²) in [4.78, 5) is 16.4. The molecule has 22 heavy (non-hydrogen) atoms. The molecule has 7 nitrogen and oxygen atoms in total. The average molecular weight is 327 g/mol. The van der Waals surface area contributed by atoms with E-state index in [-0.39, 0.29) is 41.1 Å². The van der Waals surface area contributed by atoms with Gasteiger partial charge in [0.05, 0.1) is 17.5 Å². The molecule has 2 saturated heterocycles. The topological polar surface area (TPSA) is 83.7 Å². The molecule has 0 radical (unpaired) electrons. The van der Waals surface area contributed by atoms with Crippen LogP contribution in [0.3, 0.4) is 0 Å². The van der Waals surface area contributed by atoms with Crippen molar-refractivity contribution in [2.75, 3.05) is 31.6 Å². The number of amides is 1. The average Bonchev–Trinajstić information content (AvgIpc) is 3.02. The minimum Gasteiger partial charge on any atom is -0.360 e. The van der Waals surface area contributed by atoms with Gasteiger partial charge in [-0.2, -0.15) is 0 Å². The first-order chi connectivity index (χ1) is 10.3. The third-order valence-electron chi connectivity index (χ3n) is 4.53. The lowest BCUT2D eigenvalue weighted by atomic mass is 10.0. The molecule has 0 unspecified atom stereocenters. The molecule has 1 aromatic rings. The van der Waals surface area contributed by atoms with Crippen LogP contribution in [0.15, 0.2) is 10.6 Å². The number of fused-ring (bicyclic) bond motifs is 1. The number of hydrogen-bond acceptors (Lipinski definition) is 6. The van der Waals surface area contributed by atoms with E-state index in [0.29, 0.717) is 18.8 Å². The summed E-state index contributed by atoms with van der Waals surface area (Å²) in [5, 5.41) is 3.85. The van der Waals surface area contributed by atoms with Crippen LogP contribution in [-0.4, -0.2) is 73.0 Å². The van der Waals surface area contributed by atoms with Crippen LogP contribution in [0, 0.1) is 0 Å². The Hall–Kier alpha value is -1.41. The van der Waals surface area contributed by atoms with Crippen LogP contribution in [0.2, 0.25) is 0 Å². The number of sulfone groups is 1. The lowest BCUT2D eigenvalue weighted by Gasteiger charge is -2.41. The molecule has 0 spiro atoms. The van der Waals surface area contributed by atoms with E-state index >= 15 is 0 Å². The second kappa shape index (κ2) is 5.34. The number of likely N-dealkylation sites (N-methyl/N-ethyl adjacent to an activating group) is 1. The summed E-state index contributed by atoms with van der Waals surface area (Å²) >= 11 is 0. The Morgan fingerprint density at radius 1 is 1.32 bits per heavy atom. The quantitative estimate of drug-likeness (QED) is 0.779. The number of piperazine rings is 1. The number of aromatic nitrogens is 1. The first kappa shape index (κ1) is 15.5. The number of nitrogens with zero attached hydrogens (tertiary/aromatic N) is 3. The molecule has 0 saturated carbocycles. The van der Waals surface area contributed by atoms with E-state index in [0.717, 1.165) is 0 Å². The van der Waals surface area contributed by atoms with Gasteiger partial charge in [-0.15, -0.1) is 0 Å². The highest BCUT2D eigenvalue weighted by Gasteiger charge is 2.47. The molecule has 2 aliphatic rings. The van der Waals surface area contributed by atoms with Crippen LogP contribution in [-0.2, 0) is 9.84 Å². The van der Waals surface area contributed by atoms with Crippen molar-refractivity contribution in [1.29, 1.82) is 0 Å². The van der Waals surface area contributed by atoms with E-state index in [9.17, 15) is 13.2 Å². The Bertz CT molecular complexity index is 682. The molecule has 2 fully saturated rings. The molecule has 2 aliphatic heterocycles. The van der Waals surface area contributed by atoms with Gasteiger partial charge in [-0.1, -0.05) is 19.0 Å². The van der Waals surface area contributed by atoms with Gasteiger partial charge in [0.25, 0.3) is 5.91 Å². The summed E-state index contributed by atoms with van der Waals surface area (Å²) < 4.78 is 29.1. The highest BCUT2D eigenvalue weighted by Crippen LogP contribution is 2.27. The summed E-state index contributed by atoms with van der Waals surface area (Å²) in [6, 6.07) is 1.23. The SMILES string of the molecule is CC(C)c1cc(C(=O)N2CCN(C)[C@@H]3CS(=O)(=O)C[C@@H]32)no1. The smallest absolute Gasteiger partial charge is 0.276 e. The molecule has 3 rings (SSSR count). The molecule has 1 aromatic heterocycles. The molecule has 0 aromatic carbocycles. The minimum atomic E-state index is -3.10. The predicted molar refractivity (Wildman–Crippen MR) is 80.5 cm³/mol. The maximum atomic E-state index is 12.7. The van der Waals surface area contributed by atoms with Gasteiger partial charge in [0.1, 0.15) is 5.76 Å². The molecule has 8 heteroatoms. The van der Waals surface area contributed by atoms with Gasteiger partial charge >= 0.3 is 0 Å². The van der Waals surface area contributed by atoms with E-state index < -0.39 is 9.84 Å². The normalized spacial score (nSPS) is 28.1. The van der Waals surface area contributed by atoms with Gasteiger partial charge in [-0.05, 0) is 7.05 Å². The molecule has 122 valence electrons. The second-order valence-corrected chi connectivity index (χ2v) is 8.61. The Morgan fingerprint density at radius 3 is 2.64 bits per heavy atom. The number of carbonyl (C=O) groups excluding carboxylic acids is 1. The molecule has 1 amide bonds. The number of hydrogen-bond donors (Lipinski definition) is 0. The van der Waals surface area contributed by atoms with Crippen LogP contribution in [0.25, 0.3) is 0 Å². The van der Waals surface area contributed by atoms with Gasteiger partial charge in [-0.25, -0.2) is 8.42 Å². The van der Waals surface area contributed by atoms with Crippen molar-refractivity contribution >= 4 is 15.7 Å². The lowest BCUT2D eigenvalue weighted by molar-refractivity contribution is 0.0401. The number of rotatable bonds is 2. The molecule has 3 heterocycles. The summed E-state index contributed by atoms with van der Waals surface area (Å²) in [6.07, 6.45) is 0. The van der Waals surface area contributed by atoms with Gasteiger partial charge in [0.15, 0.2) is 15.5 Å². The van der Waals surface area contributed by atoms with Crippen LogP contribution in [0.5, 0.6) is 0 Å². The van der Waals surface area contributed by atoms with Crippen molar-refractivity contribution in [2.24, 2.45) is 0 Å². The fourth-order valence-corrected chi connectivity index (χ4v) is 5.24.